The maximum atomic E-state index is 11.2. The lowest BCUT2D eigenvalue weighted by atomic mass is 10.2. The predicted octanol–water partition coefficient (Wildman–Crippen LogP) is 2.99. The van der Waals surface area contributed by atoms with Crippen LogP contribution in [0.3, 0.4) is 0 Å². The monoisotopic (exact) mass is 337 g/mol. The van der Waals surface area contributed by atoms with Gasteiger partial charge in [0, 0.05) is 18.5 Å². The normalized spacial score (nSPS) is 19.5. The molecule has 0 aliphatic carbocycles. The Morgan fingerprint density at radius 2 is 2.00 bits per heavy atom. The highest BCUT2D eigenvalue weighted by Crippen LogP contribution is 2.35. The fourth-order valence-electron chi connectivity index (χ4n) is 2.45. The standard InChI is InChI=1S/C18H27NO3S/c1-23(2,3)15-19(12-16-8-5-4-6-9-16)14-22-17-10-7-11-18(20)21-13-17/h4-9,11,17H,10,12-15H2,1-3H3. The number of carbonyl (C=O) groups excluding carboxylic acids is 1. The van der Waals surface area contributed by atoms with Crippen LogP contribution in [0.2, 0.25) is 0 Å². The van der Waals surface area contributed by atoms with Crippen molar-refractivity contribution in [3.05, 3.63) is 48.0 Å². The van der Waals surface area contributed by atoms with Gasteiger partial charge in [-0.1, -0.05) is 36.4 Å². The summed E-state index contributed by atoms with van der Waals surface area (Å²) in [6.07, 6.45) is 10.9. The van der Waals surface area contributed by atoms with Crippen molar-refractivity contribution in [3.8, 4) is 0 Å². The van der Waals surface area contributed by atoms with Gasteiger partial charge in [-0.2, -0.15) is 0 Å². The minimum Gasteiger partial charge on any atom is -0.460 e. The first-order chi connectivity index (χ1) is 10.9. The summed E-state index contributed by atoms with van der Waals surface area (Å²) in [7, 11) is -0.666. The van der Waals surface area contributed by atoms with Crippen molar-refractivity contribution in [2.24, 2.45) is 0 Å². The number of hydrogen-bond acceptors (Lipinski definition) is 4. The minimum absolute atomic E-state index is 0.0639. The van der Waals surface area contributed by atoms with E-state index >= 15 is 0 Å². The Morgan fingerprint density at radius 1 is 1.26 bits per heavy atom. The third kappa shape index (κ3) is 7.20. The van der Waals surface area contributed by atoms with Crippen molar-refractivity contribution in [1.82, 2.24) is 4.90 Å². The summed E-state index contributed by atoms with van der Waals surface area (Å²) in [5.41, 5.74) is 1.28. The molecule has 0 N–H and O–H groups in total. The van der Waals surface area contributed by atoms with Crippen molar-refractivity contribution in [2.75, 3.05) is 38.0 Å². The van der Waals surface area contributed by atoms with E-state index in [0.717, 1.165) is 12.4 Å². The Morgan fingerprint density at radius 3 is 2.70 bits per heavy atom. The number of carbonyl (C=O) groups is 1. The molecule has 0 saturated carbocycles. The van der Waals surface area contributed by atoms with Crippen LogP contribution >= 0.6 is 10.0 Å². The van der Waals surface area contributed by atoms with E-state index in [1.54, 1.807) is 0 Å². The van der Waals surface area contributed by atoms with E-state index in [1.807, 2.05) is 12.1 Å². The van der Waals surface area contributed by atoms with Crippen LogP contribution < -0.4 is 0 Å². The largest absolute Gasteiger partial charge is 0.460 e. The first-order valence-corrected chi connectivity index (χ1v) is 10.8. The Kier molecular flexibility index (Phi) is 6.69. The minimum atomic E-state index is -0.666. The Hall–Kier alpha value is -1.30. The number of esters is 1. The number of nitrogens with zero attached hydrogens (tertiary/aromatic N) is 1. The quantitative estimate of drug-likeness (QED) is 0.566. The zero-order chi connectivity index (χ0) is 16.7. The second-order valence-corrected chi connectivity index (χ2v) is 11.2. The van der Waals surface area contributed by atoms with Gasteiger partial charge in [0.05, 0.1) is 6.10 Å². The third-order valence-electron chi connectivity index (χ3n) is 3.38. The molecular weight excluding hydrogens is 310 g/mol. The number of ether oxygens (including phenoxy) is 2. The van der Waals surface area contributed by atoms with Crippen LogP contribution in [0.5, 0.6) is 0 Å². The summed E-state index contributed by atoms with van der Waals surface area (Å²) in [5.74, 6) is 0.737. The molecule has 4 nitrogen and oxygen atoms in total. The Labute approximate surface area is 140 Å². The molecule has 1 aliphatic heterocycles. The maximum absolute atomic E-state index is 11.2. The van der Waals surface area contributed by atoms with Gasteiger partial charge in [-0.3, -0.25) is 4.90 Å². The summed E-state index contributed by atoms with van der Waals surface area (Å²) in [4.78, 5) is 13.6. The highest BCUT2D eigenvalue weighted by molar-refractivity contribution is 8.32. The second kappa shape index (κ2) is 8.52. The van der Waals surface area contributed by atoms with E-state index in [2.05, 4.69) is 47.9 Å². The number of benzene rings is 1. The van der Waals surface area contributed by atoms with Gasteiger partial charge in [0.25, 0.3) is 0 Å². The lowest BCUT2D eigenvalue weighted by molar-refractivity contribution is -0.142. The van der Waals surface area contributed by atoms with Crippen LogP contribution in [0.15, 0.2) is 42.5 Å². The summed E-state index contributed by atoms with van der Waals surface area (Å²) >= 11 is 0. The summed E-state index contributed by atoms with van der Waals surface area (Å²) in [6, 6.07) is 10.4. The third-order valence-corrected chi connectivity index (χ3v) is 4.52. The lowest BCUT2D eigenvalue weighted by Gasteiger charge is -2.34. The Bertz CT molecular complexity index is 525. The highest BCUT2D eigenvalue weighted by Gasteiger charge is 2.18. The van der Waals surface area contributed by atoms with Crippen molar-refractivity contribution in [3.63, 3.8) is 0 Å². The predicted molar refractivity (Wildman–Crippen MR) is 96.7 cm³/mol. The van der Waals surface area contributed by atoms with E-state index in [0.29, 0.717) is 19.8 Å². The molecule has 0 aromatic heterocycles. The molecule has 5 heteroatoms. The van der Waals surface area contributed by atoms with E-state index in [4.69, 9.17) is 9.47 Å². The summed E-state index contributed by atoms with van der Waals surface area (Å²) < 4.78 is 11.1. The summed E-state index contributed by atoms with van der Waals surface area (Å²) in [6.45, 7) is 1.75. The van der Waals surface area contributed by atoms with Gasteiger partial charge in [0.1, 0.15) is 13.3 Å². The topological polar surface area (TPSA) is 38.8 Å². The van der Waals surface area contributed by atoms with Crippen LogP contribution in [0, 0.1) is 0 Å². The molecule has 1 atom stereocenters. The fraction of sp³-hybridized carbons (Fsp3) is 0.500. The van der Waals surface area contributed by atoms with Gasteiger partial charge >= 0.3 is 5.97 Å². The van der Waals surface area contributed by atoms with Crippen LogP contribution in [0.25, 0.3) is 0 Å². The molecule has 1 heterocycles. The molecule has 1 unspecified atom stereocenters. The average molecular weight is 337 g/mol. The molecule has 1 aliphatic rings. The van der Waals surface area contributed by atoms with E-state index in [9.17, 15) is 4.79 Å². The van der Waals surface area contributed by atoms with E-state index in [-0.39, 0.29) is 12.1 Å². The highest BCUT2D eigenvalue weighted by atomic mass is 32.3. The molecule has 1 aromatic carbocycles. The first-order valence-electron chi connectivity index (χ1n) is 7.79. The smallest absolute Gasteiger partial charge is 0.330 e. The molecule has 0 saturated heterocycles. The number of hydrogen-bond donors (Lipinski definition) is 0. The number of rotatable bonds is 7. The molecule has 2 rings (SSSR count). The SMILES string of the molecule is CS(C)(C)CN(COC1CC=CC(=O)OC1)Cc1ccccc1. The van der Waals surface area contributed by atoms with Gasteiger partial charge in [-0.15, -0.1) is 0 Å². The van der Waals surface area contributed by atoms with Crippen LogP contribution in [-0.4, -0.2) is 55.0 Å². The van der Waals surface area contributed by atoms with Gasteiger partial charge in [0.15, 0.2) is 0 Å². The van der Waals surface area contributed by atoms with Crippen LogP contribution in [-0.2, 0) is 20.8 Å². The summed E-state index contributed by atoms with van der Waals surface area (Å²) in [5, 5.41) is 0. The van der Waals surface area contributed by atoms with E-state index < -0.39 is 10.0 Å². The zero-order valence-corrected chi connectivity index (χ0v) is 15.1. The zero-order valence-electron chi connectivity index (χ0n) is 14.2. The maximum Gasteiger partial charge on any atom is 0.330 e. The molecule has 128 valence electrons. The molecule has 0 amide bonds. The first kappa shape index (κ1) is 18.0. The van der Waals surface area contributed by atoms with E-state index in [1.165, 1.54) is 11.6 Å². The van der Waals surface area contributed by atoms with Crippen LogP contribution in [0.4, 0.5) is 0 Å². The molecule has 1 aromatic rings. The molecule has 0 bridgehead atoms. The molecule has 0 spiro atoms. The number of cyclic esters (lactones) is 1. The van der Waals surface area contributed by atoms with Crippen LogP contribution in [0.1, 0.15) is 12.0 Å². The van der Waals surface area contributed by atoms with Gasteiger partial charge in [-0.25, -0.2) is 14.8 Å². The van der Waals surface area contributed by atoms with Crippen molar-refractivity contribution < 1.29 is 14.3 Å². The lowest BCUT2D eigenvalue weighted by Crippen LogP contribution is -2.33. The molecule has 23 heavy (non-hydrogen) atoms. The molecule has 0 radical (unpaired) electrons. The van der Waals surface area contributed by atoms with Crippen molar-refractivity contribution >= 4 is 16.0 Å². The van der Waals surface area contributed by atoms with Crippen molar-refractivity contribution in [1.29, 1.82) is 0 Å². The van der Waals surface area contributed by atoms with Crippen molar-refractivity contribution in [2.45, 2.75) is 19.1 Å². The van der Waals surface area contributed by atoms with Gasteiger partial charge in [0.2, 0.25) is 0 Å². The second-order valence-electron chi connectivity index (χ2n) is 6.72. The fourth-order valence-corrected chi connectivity index (χ4v) is 3.71. The molecule has 0 fully saturated rings. The Balaban J connectivity index is 1.91. The average Bonchev–Trinajstić information content (AvgIpc) is 2.69. The van der Waals surface area contributed by atoms with Gasteiger partial charge in [-0.05, 0) is 30.8 Å². The molecular formula is C18H27NO3S. The van der Waals surface area contributed by atoms with Gasteiger partial charge < -0.3 is 9.47 Å².